The lowest BCUT2D eigenvalue weighted by molar-refractivity contribution is -0.137. The van der Waals surface area contributed by atoms with Crippen LogP contribution < -0.4 is 5.56 Å². The molecule has 5 aromatic rings. The van der Waals surface area contributed by atoms with Crippen molar-refractivity contribution in [3.05, 3.63) is 101 Å². The van der Waals surface area contributed by atoms with Crippen LogP contribution in [-0.4, -0.2) is 14.5 Å². The number of aromatic nitrogens is 3. The van der Waals surface area contributed by atoms with Crippen molar-refractivity contribution in [2.75, 3.05) is 0 Å². The molecule has 0 amide bonds. The molecule has 158 valence electrons. The van der Waals surface area contributed by atoms with Crippen molar-refractivity contribution in [2.45, 2.75) is 6.18 Å². The van der Waals surface area contributed by atoms with Crippen molar-refractivity contribution < 1.29 is 13.2 Å². The minimum Gasteiger partial charge on any atom is -0.283 e. The topological polar surface area (TPSA) is 47.8 Å². The first-order chi connectivity index (χ1) is 15.4. The minimum atomic E-state index is -4.46. The summed E-state index contributed by atoms with van der Waals surface area (Å²) in [6.45, 7) is 0. The second-order valence-corrected chi connectivity index (χ2v) is 8.10. The van der Waals surface area contributed by atoms with E-state index in [9.17, 15) is 18.0 Å². The Morgan fingerprint density at radius 2 is 1.69 bits per heavy atom. The number of para-hydroxylation sites is 1. The highest BCUT2D eigenvalue weighted by molar-refractivity contribution is 7.21. The SMILES string of the molecule is O=c1c(-c2nc3cc(C(F)(F)F)ccc3s2)cc(-c2ccccn2)cn1-c1ccccc1. The second kappa shape index (κ2) is 7.72. The lowest BCUT2D eigenvalue weighted by atomic mass is 10.1. The highest BCUT2D eigenvalue weighted by Gasteiger charge is 2.31. The molecule has 0 unspecified atom stereocenters. The van der Waals surface area contributed by atoms with Crippen LogP contribution in [0.2, 0.25) is 0 Å². The van der Waals surface area contributed by atoms with Crippen LogP contribution in [0.5, 0.6) is 0 Å². The highest BCUT2D eigenvalue weighted by Crippen LogP contribution is 2.35. The van der Waals surface area contributed by atoms with Gasteiger partial charge in [0.25, 0.3) is 5.56 Å². The number of alkyl halides is 3. The van der Waals surface area contributed by atoms with Crippen molar-refractivity contribution in [1.82, 2.24) is 14.5 Å². The summed E-state index contributed by atoms with van der Waals surface area (Å²) in [6.07, 6.45) is -1.10. The second-order valence-electron chi connectivity index (χ2n) is 7.07. The van der Waals surface area contributed by atoms with Gasteiger partial charge < -0.3 is 0 Å². The van der Waals surface area contributed by atoms with E-state index in [1.165, 1.54) is 22.0 Å². The first kappa shape index (κ1) is 20.1. The molecule has 0 N–H and O–H groups in total. The summed E-state index contributed by atoms with van der Waals surface area (Å²) in [7, 11) is 0. The van der Waals surface area contributed by atoms with E-state index in [-0.39, 0.29) is 11.1 Å². The Bertz CT molecular complexity index is 1480. The summed E-state index contributed by atoms with van der Waals surface area (Å²) in [5.41, 5.74) is 1.44. The maximum Gasteiger partial charge on any atom is 0.416 e. The molecule has 0 fully saturated rings. The van der Waals surface area contributed by atoms with E-state index in [1.807, 2.05) is 30.3 Å². The zero-order chi connectivity index (χ0) is 22.3. The van der Waals surface area contributed by atoms with Gasteiger partial charge in [0.1, 0.15) is 5.01 Å². The van der Waals surface area contributed by atoms with Crippen molar-refractivity contribution >= 4 is 21.6 Å². The third kappa shape index (κ3) is 3.69. The minimum absolute atomic E-state index is 0.203. The summed E-state index contributed by atoms with van der Waals surface area (Å²) in [6, 6.07) is 19.7. The zero-order valence-electron chi connectivity index (χ0n) is 16.4. The molecule has 8 heteroatoms. The monoisotopic (exact) mass is 449 g/mol. The third-order valence-corrected chi connectivity index (χ3v) is 6.03. The average Bonchev–Trinajstić information content (AvgIpc) is 3.23. The molecule has 0 aliphatic rings. The molecule has 5 rings (SSSR count). The van der Waals surface area contributed by atoms with Crippen molar-refractivity contribution in [3.8, 4) is 27.5 Å². The van der Waals surface area contributed by atoms with E-state index in [0.717, 1.165) is 12.1 Å². The lowest BCUT2D eigenvalue weighted by Crippen LogP contribution is -2.20. The van der Waals surface area contributed by atoms with Gasteiger partial charge in [-0.2, -0.15) is 13.2 Å². The van der Waals surface area contributed by atoms with Gasteiger partial charge in [-0.25, -0.2) is 4.98 Å². The van der Waals surface area contributed by atoms with Gasteiger partial charge in [-0.05, 0) is 48.5 Å². The first-order valence-corrected chi connectivity index (χ1v) is 10.4. The molecule has 2 aromatic carbocycles. The normalized spacial score (nSPS) is 11.7. The highest BCUT2D eigenvalue weighted by atomic mass is 32.1. The van der Waals surface area contributed by atoms with Gasteiger partial charge in [0.15, 0.2) is 0 Å². The van der Waals surface area contributed by atoms with E-state index >= 15 is 0 Å². The van der Waals surface area contributed by atoms with E-state index in [1.54, 1.807) is 36.7 Å². The molecule has 0 saturated heterocycles. The van der Waals surface area contributed by atoms with Gasteiger partial charge >= 0.3 is 6.18 Å². The number of hydrogen-bond acceptors (Lipinski definition) is 4. The Morgan fingerprint density at radius 3 is 2.41 bits per heavy atom. The van der Waals surface area contributed by atoms with Gasteiger partial charge in [0, 0.05) is 23.6 Å². The molecule has 0 spiro atoms. The molecule has 3 aromatic heterocycles. The zero-order valence-corrected chi connectivity index (χ0v) is 17.2. The summed E-state index contributed by atoms with van der Waals surface area (Å²) >= 11 is 1.18. The molecule has 0 aliphatic carbocycles. The van der Waals surface area contributed by atoms with Crippen LogP contribution in [0.15, 0.2) is 90.0 Å². The Hall–Kier alpha value is -3.78. The van der Waals surface area contributed by atoms with Crippen LogP contribution in [0.1, 0.15) is 5.56 Å². The molecular weight excluding hydrogens is 435 g/mol. The largest absolute Gasteiger partial charge is 0.416 e. The Labute approximate surface area is 184 Å². The van der Waals surface area contributed by atoms with Crippen LogP contribution in [0.4, 0.5) is 13.2 Å². The molecule has 3 heterocycles. The fraction of sp³-hybridized carbons (Fsp3) is 0.0417. The molecule has 0 bridgehead atoms. The Balaban J connectivity index is 1.74. The number of halogens is 3. The number of rotatable bonds is 3. The fourth-order valence-electron chi connectivity index (χ4n) is 3.41. The standard InChI is InChI=1S/C24H14F3N3OS/c25-24(26,27)16-9-10-21-20(13-16)29-22(32-21)18-12-15(19-8-4-5-11-28-19)14-30(23(18)31)17-6-2-1-3-7-17/h1-14H. The summed E-state index contributed by atoms with van der Waals surface area (Å²) in [5, 5.41) is 0.354. The predicted molar refractivity (Wildman–Crippen MR) is 119 cm³/mol. The van der Waals surface area contributed by atoms with Gasteiger partial charge in [-0.3, -0.25) is 14.3 Å². The van der Waals surface area contributed by atoms with E-state index in [2.05, 4.69) is 9.97 Å². The van der Waals surface area contributed by atoms with Gasteiger partial charge in [-0.1, -0.05) is 24.3 Å². The lowest BCUT2D eigenvalue weighted by Gasteiger charge is -2.11. The molecule has 0 radical (unpaired) electrons. The van der Waals surface area contributed by atoms with Gasteiger partial charge in [-0.15, -0.1) is 11.3 Å². The molecule has 0 aliphatic heterocycles. The number of thiazole rings is 1. The summed E-state index contributed by atoms with van der Waals surface area (Å²) in [5.74, 6) is 0. The Morgan fingerprint density at radius 1 is 0.906 bits per heavy atom. The quantitative estimate of drug-likeness (QED) is 0.330. The summed E-state index contributed by atoms with van der Waals surface area (Å²) in [4.78, 5) is 22.1. The van der Waals surface area contributed by atoms with Crippen LogP contribution in [0.25, 0.3) is 37.7 Å². The maximum atomic E-state index is 13.4. The number of fused-ring (bicyclic) bond motifs is 1. The number of nitrogens with zero attached hydrogens (tertiary/aromatic N) is 3. The molecule has 4 nitrogen and oxygen atoms in total. The average molecular weight is 449 g/mol. The van der Waals surface area contributed by atoms with Crippen LogP contribution in [0, 0.1) is 0 Å². The third-order valence-electron chi connectivity index (χ3n) is 4.96. The molecular formula is C24H14F3N3OS. The number of benzene rings is 2. The number of hydrogen-bond donors (Lipinski definition) is 0. The number of pyridine rings is 2. The maximum absolute atomic E-state index is 13.4. The van der Waals surface area contributed by atoms with Crippen molar-refractivity contribution in [3.63, 3.8) is 0 Å². The van der Waals surface area contributed by atoms with E-state index in [4.69, 9.17) is 0 Å². The fourth-order valence-corrected chi connectivity index (χ4v) is 4.36. The first-order valence-electron chi connectivity index (χ1n) is 9.62. The van der Waals surface area contributed by atoms with Crippen LogP contribution in [0.3, 0.4) is 0 Å². The molecule has 32 heavy (non-hydrogen) atoms. The van der Waals surface area contributed by atoms with Gasteiger partial charge in [0.05, 0.1) is 27.0 Å². The van der Waals surface area contributed by atoms with Crippen LogP contribution in [-0.2, 0) is 6.18 Å². The molecule has 0 atom stereocenters. The van der Waals surface area contributed by atoms with Crippen molar-refractivity contribution in [2.24, 2.45) is 0 Å². The van der Waals surface area contributed by atoms with Gasteiger partial charge in [0.2, 0.25) is 0 Å². The van der Waals surface area contributed by atoms with E-state index < -0.39 is 11.7 Å². The smallest absolute Gasteiger partial charge is 0.283 e. The Kier molecular flexibility index (Phi) is 4.86. The predicted octanol–water partition coefficient (Wildman–Crippen LogP) is 6.20. The van der Waals surface area contributed by atoms with Crippen molar-refractivity contribution in [1.29, 1.82) is 0 Å². The van der Waals surface area contributed by atoms with E-state index in [0.29, 0.717) is 32.2 Å². The summed E-state index contributed by atoms with van der Waals surface area (Å²) < 4.78 is 41.4. The molecule has 0 saturated carbocycles. The van der Waals surface area contributed by atoms with Crippen LogP contribution >= 0.6 is 11.3 Å².